The number of anilines is 2. The molecule has 6 nitrogen and oxygen atoms in total. The molecule has 2 aromatic carbocycles. The molecule has 0 unspecified atom stereocenters. The lowest BCUT2D eigenvalue weighted by atomic mass is 10.2. The van der Waals surface area contributed by atoms with Crippen LogP contribution in [0.3, 0.4) is 0 Å². The van der Waals surface area contributed by atoms with E-state index >= 15 is 0 Å². The Kier molecular flexibility index (Phi) is 7.63. The Morgan fingerprint density at radius 2 is 1.64 bits per heavy atom. The molecule has 2 amide bonds. The largest absolute Gasteiger partial charge is 0.493 e. The van der Waals surface area contributed by atoms with Crippen LogP contribution in [0.4, 0.5) is 11.4 Å². The molecule has 0 spiro atoms. The Bertz CT molecular complexity index is 842. The van der Waals surface area contributed by atoms with Gasteiger partial charge in [-0.2, -0.15) is 0 Å². The molecule has 0 aliphatic rings. The fourth-order valence-corrected chi connectivity index (χ4v) is 2.34. The molecule has 148 valence electrons. The van der Waals surface area contributed by atoms with Gasteiger partial charge < -0.3 is 20.1 Å². The van der Waals surface area contributed by atoms with Crippen molar-refractivity contribution in [2.24, 2.45) is 5.92 Å². The molecule has 28 heavy (non-hydrogen) atoms. The Morgan fingerprint density at radius 3 is 2.21 bits per heavy atom. The summed E-state index contributed by atoms with van der Waals surface area (Å²) in [5.74, 6) is 0.879. The number of hydrogen-bond acceptors (Lipinski definition) is 4. The first-order chi connectivity index (χ1) is 13.4. The average Bonchev–Trinajstić information content (AvgIpc) is 2.68. The molecule has 0 saturated carbocycles. The lowest BCUT2D eigenvalue weighted by Gasteiger charge is -2.09. The molecule has 0 atom stereocenters. The third-order valence-electron chi connectivity index (χ3n) is 3.86. The molecule has 0 radical (unpaired) electrons. The maximum absolute atomic E-state index is 12.1. The summed E-state index contributed by atoms with van der Waals surface area (Å²) in [7, 11) is 1.58. The highest BCUT2D eigenvalue weighted by molar-refractivity contribution is 6.02. The number of carbonyl (C=O) groups excluding carboxylic acids is 2. The standard InChI is InChI=1S/C22H26N2O4/c1-5-28-20-14-16(6-12-19(20)27-4)7-13-21(25)23-17-8-10-18(11-9-17)24-22(26)15(2)3/h6-15H,5H2,1-4H3,(H,23,25)(H,24,26)/b13-7+. The van der Waals surface area contributed by atoms with Gasteiger partial charge in [-0.1, -0.05) is 19.9 Å². The number of benzene rings is 2. The SMILES string of the molecule is CCOc1cc(/C=C/C(=O)Nc2ccc(NC(=O)C(C)C)cc2)ccc1OC. The zero-order valence-electron chi connectivity index (χ0n) is 16.6. The molecule has 0 aromatic heterocycles. The van der Waals surface area contributed by atoms with Gasteiger partial charge in [-0.25, -0.2) is 0 Å². The van der Waals surface area contributed by atoms with Gasteiger partial charge in [0.05, 0.1) is 13.7 Å². The van der Waals surface area contributed by atoms with Crippen molar-refractivity contribution < 1.29 is 19.1 Å². The summed E-state index contributed by atoms with van der Waals surface area (Å²) in [4.78, 5) is 23.8. The number of ether oxygens (including phenoxy) is 2. The molecule has 2 N–H and O–H groups in total. The summed E-state index contributed by atoms with van der Waals surface area (Å²) >= 11 is 0. The number of hydrogen-bond donors (Lipinski definition) is 2. The second kappa shape index (κ2) is 10.2. The highest BCUT2D eigenvalue weighted by atomic mass is 16.5. The minimum Gasteiger partial charge on any atom is -0.493 e. The quantitative estimate of drug-likeness (QED) is 0.666. The number of rotatable bonds is 8. The first-order valence-electron chi connectivity index (χ1n) is 9.13. The van der Waals surface area contributed by atoms with E-state index in [2.05, 4.69) is 10.6 Å². The number of amides is 2. The predicted octanol–water partition coefficient (Wildman–Crippen LogP) is 4.34. The van der Waals surface area contributed by atoms with E-state index in [-0.39, 0.29) is 17.7 Å². The van der Waals surface area contributed by atoms with Gasteiger partial charge >= 0.3 is 0 Å². The van der Waals surface area contributed by atoms with Gasteiger partial charge in [-0.15, -0.1) is 0 Å². The summed E-state index contributed by atoms with van der Waals surface area (Å²) in [6, 6.07) is 12.4. The third-order valence-corrected chi connectivity index (χ3v) is 3.86. The highest BCUT2D eigenvalue weighted by Gasteiger charge is 2.07. The highest BCUT2D eigenvalue weighted by Crippen LogP contribution is 2.28. The van der Waals surface area contributed by atoms with Crippen LogP contribution in [-0.4, -0.2) is 25.5 Å². The van der Waals surface area contributed by atoms with Crippen molar-refractivity contribution in [1.82, 2.24) is 0 Å². The van der Waals surface area contributed by atoms with E-state index in [0.717, 1.165) is 5.56 Å². The molecule has 0 saturated heterocycles. The van der Waals surface area contributed by atoms with Crippen molar-refractivity contribution >= 4 is 29.3 Å². The zero-order chi connectivity index (χ0) is 20.5. The van der Waals surface area contributed by atoms with Crippen LogP contribution < -0.4 is 20.1 Å². The van der Waals surface area contributed by atoms with Crippen molar-refractivity contribution in [3.63, 3.8) is 0 Å². The van der Waals surface area contributed by atoms with Crippen LogP contribution in [-0.2, 0) is 9.59 Å². The summed E-state index contributed by atoms with van der Waals surface area (Å²) in [6.45, 7) is 6.08. The second-order valence-corrected chi connectivity index (χ2v) is 6.39. The minimum absolute atomic E-state index is 0.0503. The molecule has 2 aromatic rings. The maximum Gasteiger partial charge on any atom is 0.248 e. The minimum atomic E-state index is -0.257. The summed E-state index contributed by atoms with van der Waals surface area (Å²) < 4.78 is 10.8. The Balaban J connectivity index is 1.98. The number of carbonyl (C=O) groups is 2. The van der Waals surface area contributed by atoms with Crippen LogP contribution in [0.1, 0.15) is 26.3 Å². The first kappa shape index (κ1) is 21.0. The van der Waals surface area contributed by atoms with Gasteiger partial charge in [0.1, 0.15) is 0 Å². The van der Waals surface area contributed by atoms with Crippen molar-refractivity contribution in [1.29, 1.82) is 0 Å². The molecular formula is C22H26N2O4. The Hall–Kier alpha value is -3.28. The van der Waals surface area contributed by atoms with Crippen molar-refractivity contribution in [3.05, 3.63) is 54.1 Å². The van der Waals surface area contributed by atoms with Crippen molar-refractivity contribution in [2.75, 3.05) is 24.4 Å². The van der Waals surface area contributed by atoms with Crippen LogP contribution in [0.2, 0.25) is 0 Å². The van der Waals surface area contributed by atoms with E-state index in [4.69, 9.17) is 9.47 Å². The van der Waals surface area contributed by atoms with Crippen LogP contribution in [0.25, 0.3) is 6.08 Å². The lowest BCUT2D eigenvalue weighted by molar-refractivity contribution is -0.119. The Morgan fingerprint density at radius 1 is 1.00 bits per heavy atom. The van der Waals surface area contributed by atoms with E-state index < -0.39 is 0 Å². The van der Waals surface area contributed by atoms with Crippen molar-refractivity contribution in [2.45, 2.75) is 20.8 Å². The normalized spacial score (nSPS) is 10.8. The lowest BCUT2D eigenvalue weighted by Crippen LogP contribution is -2.17. The van der Waals surface area contributed by atoms with Crippen LogP contribution >= 0.6 is 0 Å². The van der Waals surface area contributed by atoms with Gasteiger partial charge in [-0.3, -0.25) is 9.59 Å². The topological polar surface area (TPSA) is 76.7 Å². The number of nitrogens with one attached hydrogen (secondary N) is 2. The molecule has 0 heterocycles. The van der Waals surface area contributed by atoms with Crippen molar-refractivity contribution in [3.8, 4) is 11.5 Å². The van der Waals surface area contributed by atoms with E-state index in [1.54, 1.807) is 43.5 Å². The zero-order valence-corrected chi connectivity index (χ0v) is 16.6. The van der Waals surface area contributed by atoms with Crippen LogP contribution in [0.5, 0.6) is 11.5 Å². The molecule has 0 fully saturated rings. The average molecular weight is 382 g/mol. The molecule has 6 heteroatoms. The summed E-state index contributed by atoms with van der Waals surface area (Å²) in [5.41, 5.74) is 2.15. The number of methoxy groups -OCH3 is 1. The molecule has 2 rings (SSSR count). The smallest absolute Gasteiger partial charge is 0.248 e. The van der Waals surface area contributed by atoms with E-state index in [1.807, 2.05) is 32.9 Å². The van der Waals surface area contributed by atoms with E-state index in [0.29, 0.717) is 29.5 Å². The monoisotopic (exact) mass is 382 g/mol. The van der Waals surface area contributed by atoms with E-state index in [1.165, 1.54) is 6.08 Å². The summed E-state index contributed by atoms with van der Waals surface area (Å²) in [5, 5.41) is 5.59. The van der Waals surface area contributed by atoms with Gasteiger partial charge in [-0.05, 0) is 55.0 Å². The maximum atomic E-state index is 12.1. The van der Waals surface area contributed by atoms with Gasteiger partial charge in [0.2, 0.25) is 11.8 Å². The van der Waals surface area contributed by atoms with Crippen LogP contribution in [0, 0.1) is 5.92 Å². The second-order valence-electron chi connectivity index (χ2n) is 6.39. The predicted molar refractivity (Wildman–Crippen MR) is 112 cm³/mol. The molecule has 0 bridgehead atoms. The Labute approximate surface area is 165 Å². The van der Waals surface area contributed by atoms with Crippen LogP contribution in [0.15, 0.2) is 48.5 Å². The summed E-state index contributed by atoms with van der Waals surface area (Å²) in [6.07, 6.45) is 3.15. The molecular weight excluding hydrogens is 356 g/mol. The fourth-order valence-electron chi connectivity index (χ4n) is 2.34. The van der Waals surface area contributed by atoms with Gasteiger partial charge in [0, 0.05) is 23.4 Å². The first-order valence-corrected chi connectivity index (χ1v) is 9.13. The molecule has 0 aliphatic carbocycles. The van der Waals surface area contributed by atoms with E-state index in [9.17, 15) is 9.59 Å². The third kappa shape index (κ3) is 6.16. The molecule has 0 aliphatic heterocycles. The van der Waals surface area contributed by atoms with Gasteiger partial charge in [0.25, 0.3) is 0 Å². The van der Waals surface area contributed by atoms with Gasteiger partial charge in [0.15, 0.2) is 11.5 Å². The fraction of sp³-hybridized carbons (Fsp3) is 0.273.